The van der Waals surface area contributed by atoms with Gasteiger partial charge in [-0.1, -0.05) is 20.3 Å². The number of nitrogens with two attached hydrogens (primary N) is 1. The van der Waals surface area contributed by atoms with E-state index in [2.05, 4.69) is 18.7 Å². The zero-order valence-corrected chi connectivity index (χ0v) is 10.4. The highest BCUT2D eigenvalue weighted by Crippen LogP contribution is 2.36. The third-order valence-electron chi connectivity index (χ3n) is 4.80. The smallest absolute Gasteiger partial charge is 0.0283 e. The van der Waals surface area contributed by atoms with Gasteiger partial charge in [0, 0.05) is 12.1 Å². The standard InChI is InChI=1S/C13H26N2/c1-3-12(2)7-9-15(10-8-12)11-13(14)5-4-6-13/h3-11,14H2,1-2H3. The van der Waals surface area contributed by atoms with E-state index in [4.69, 9.17) is 5.73 Å². The average molecular weight is 210 g/mol. The van der Waals surface area contributed by atoms with Crippen LogP contribution in [0.25, 0.3) is 0 Å². The van der Waals surface area contributed by atoms with Crippen molar-refractivity contribution in [3.05, 3.63) is 0 Å². The fraction of sp³-hybridized carbons (Fsp3) is 1.00. The van der Waals surface area contributed by atoms with Crippen molar-refractivity contribution in [2.45, 2.75) is 57.9 Å². The Bertz CT molecular complexity index is 213. The molecular formula is C13H26N2. The number of likely N-dealkylation sites (tertiary alicyclic amines) is 1. The lowest BCUT2D eigenvalue weighted by atomic mass is 9.75. The van der Waals surface area contributed by atoms with Crippen molar-refractivity contribution in [3.63, 3.8) is 0 Å². The monoisotopic (exact) mass is 210 g/mol. The van der Waals surface area contributed by atoms with Gasteiger partial charge in [0.05, 0.1) is 0 Å². The van der Waals surface area contributed by atoms with E-state index < -0.39 is 0 Å². The van der Waals surface area contributed by atoms with E-state index in [-0.39, 0.29) is 5.54 Å². The van der Waals surface area contributed by atoms with Crippen molar-refractivity contribution < 1.29 is 0 Å². The normalized spacial score (nSPS) is 29.8. The average Bonchev–Trinajstić information content (AvgIpc) is 2.20. The molecule has 2 heteroatoms. The van der Waals surface area contributed by atoms with E-state index in [1.54, 1.807) is 0 Å². The quantitative estimate of drug-likeness (QED) is 0.775. The Morgan fingerprint density at radius 1 is 1.13 bits per heavy atom. The maximum atomic E-state index is 6.29. The van der Waals surface area contributed by atoms with Crippen LogP contribution in [0.2, 0.25) is 0 Å². The Morgan fingerprint density at radius 3 is 2.13 bits per heavy atom. The summed E-state index contributed by atoms with van der Waals surface area (Å²) >= 11 is 0. The van der Waals surface area contributed by atoms with Crippen LogP contribution in [0.3, 0.4) is 0 Å². The van der Waals surface area contributed by atoms with Crippen LogP contribution < -0.4 is 5.73 Å². The minimum atomic E-state index is 0.181. The lowest BCUT2D eigenvalue weighted by molar-refractivity contribution is 0.0741. The molecule has 0 aromatic carbocycles. The highest BCUT2D eigenvalue weighted by Gasteiger charge is 2.36. The maximum Gasteiger partial charge on any atom is 0.0283 e. The first-order valence-electron chi connectivity index (χ1n) is 6.57. The molecule has 2 rings (SSSR count). The maximum absolute atomic E-state index is 6.29. The fourth-order valence-corrected chi connectivity index (χ4v) is 2.84. The van der Waals surface area contributed by atoms with Crippen molar-refractivity contribution >= 4 is 0 Å². The molecule has 0 aromatic rings. The van der Waals surface area contributed by atoms with Gasteiger partial charge in [-0.05, 0) is 50.6 Å². The third-order valence-corrected chi connectivity index (χ3v) is 4.80. The summed E-state index contributed by atoms with van der Waals surface area (Å²) in [7, 11) is 0. The Labute approximate surface area is 94.2 Å². The van der Waals surface area contributed by atoms with E-state index in [1.807, 2.05) is 0 Å². The van der Waals surface area contributed by atoms with Crippen LogP contribution in [0.15, 0.2) is 0 Å². The summed E-state index contributed by atoms with van der Waals surface area (Å²) in [4.78, 5) is 2.59. The van der Waals surface area contributed by atoms with Crippen molar-refractivity contribution in [3.8, 4) is 0 Å². The number of nitrogens with zero attached hydrogens (tertiary/aromatic N) is 1. The third kappa shape index (κ3) is 2.54. The first-order valence-corrected chi connectivity index (χ1v) is 6.57. The summed E-state index contributed by atoms with van der Waals surface area (Å²) in [6.45, 7) is 8.44. The van der Waals surface area contributed by atoms with Crippen LogP contribution in [0, 0.1) is 5.41 Å². The first kappa shape index (κ1) is 11.4. The highest BCUT2D eigenvalue weighted by atomic mass is 15.2. The summed E-state index contributed by atoms with van der Waals surface area (Å²) in [5.74, 6) is 0. The molecular weight excluding hydrogens is 184 g/mol. The van der Waals surface area contributed by atoms with Crippen LogP contribution in [0.5, 0.6) is 0 Å². The molecule has 15 heavy (non-hydrogen) atoms. The summed E-state index contributed by atoms with van der Waals surface area (Å²) < 4.78 is 0. The molecule has 0 amide bonds. The van der Waals surface area contributed by atoms with E-state index in [0.29, 0.717) is 5.41 Å². The molecule has 2 aliphatic rings. The Hall–Kier alpha value is -0.0800. The van der Waals surface area contributed by atoms with Crippen LogP contribution >= 0.6 is 0 Å². The van der Waals surface area contributed by atoms with Gasteiger partial charge in [0.1, 0.15) is 0 Å². The lowest BCUT2D eigenvalue weighted by Gasteiger charge is -2.46. The summed E-state index contributed by atoms with van der Waals surface area (Å²) in [6.07, 6.45) is 7.88. The SMILES string of the molecule is CCC1(C)CCN(CC2(N)CCC2)CC1. The largest absolute Gasteiger partial charge is 0.324 e. The van der Waals surface area contributed by atoms with Gasteiger partial charge >= 0.3 is 0 Å². The minimum absolute atomic E-state index is 0.181. The second kappa shape index (κ2) is 4.06. The molecule has 0 unspecified atom stereocenters. The second-order valence-corrected chi connectivity index (χ2v) is 6.16. The van der Waals surface area contributed by atoms with Gasteiger partial charge < -0.3 is 10.6 Å². The predicted octanol–water partition coefficient (Wildman–Crippen LogP) is 2.38. The van der Waals surface area contributed by atoms with Gasteiger partial charge in [0.25, 0.3) is 0 Å². The van der Waals surface area contributed by atoms with E-state index in [9.17, 15) is 0 Å². The van der Waals surface area contributed by atoms with Crippen molar-refractivity contribution in [1.29, 1.82) is 0 Å². The summed E-state index contributed by atoms with van der Waals surface area (Å²) in [5.41, 5.74) is 7.08. The summed E-state index contributed by atoms with van der Waals surface area (Å²) in [5, 5.41) is 0. The zero-order chi connectivity index (χ0) is 10.9. The molecule has 0 aromatic heterocycles. The predicted molar refractivity (Wildman–Crippen MR) is 64.8 cm³/mol. The number of piperidine rings is 1. The fourth-order valence-electron chi connectivity index (χ4n) is 2.84. The van der Waals surface area contributed by atoms with Gasteiger partial charge in [0.2, 0.25) is 0 Å². The van der Waals surface area contributed by atoms with Crippen LogP contribution in [0.4, 0.5) is 0 Å². The molecule has 0 atom stereocenters. The van der Waals surface area contributed by atoms with Gasteiger partial charge in [-0.2, -0.15) is 0 Å². The van der Waals surface area contributed by atoms with Crippen molar-refractivity contribution in [2.75, 3.05) is 19.6 Å². The Kier molecular flexibility index (Phi) is 3.09. The molecule has 88 valence electrons. The molecule has 1 saturated heterocycles. The topological polar surface area (TPSA) is 29.3 Å². The van der Waals surface area contributed by atoms with Crippen molar-refractivity contribution in [2.24, 2.45) is 11.1 Å². The highest BCUT2D eigenvalue weighted by molar-refractivity contribution is 4.96. The van der Waals surface area contributed by atoms with Gasteiger partial charge in [-0.15, -0.1) is 0 Å². The van der Waals surface area contributed by atoms with E-state index >= 15 is 0 Å². The molecule has 2 N–H and O–H groups in total. The van der Waals surface area contributed by atoms with Gasteiger partial charge in [-0.3, -0.25) is 0 Å². The molecule has 0 spiro atoms. The van der Waals surface area contributed by atoms with Gasteiger partial charge in [0.15, 0.2) is 0 Å². The second-order valence-electron chi connectivity index (χ2n) is 6.16. The Morgan fingerprint density at radius 2 is 1.73 bits per heavy atom. The number of hydrogen-bond acceptors (Lipinski definition) is 2. The van der Waals surface area contributed by atoms with Crippen LogP contribution in [-0.4, -0.2) is 30.1 Å². The lowest BCUT2D eigenvalue weighted by Crippen LogP contribution is -2.56. The summed E-state index contributed by atoms with van der Waals surface area (Å²) in [6, 6.07) is 0. The van der Waals surface area contributed by atoms with Gasteiger partial charge in [-0.25, -0.2) is 0 Å². The molecule has 1 aliphatic carbocycles. The molecule has 0 bridgehead atoms. The minimum Gasteiger partial charge on any atom is -0.324 e. The molecule has 1 aliphatic heterocycles. The molecule has 1 saturated carbocycles. The molecule has 0 radical (unpaired) electrons. The van der Waals surface area contributed by atoms with E-state index in [0.717, 1.165) is 6.54 Å². The van der Waals surface area contributed by atoms with Crippen molar-refractivity contribution in [1.82, 2.24) is 4.90 Å². The first-order chi connectivity index (χ1) is 7.05. The number of rotatable bonds is 3. The molecule has 1 heterocycles. The zero-order valence-electron chi connectivity index (χ0n) is 10.4. The van der Waals surface area contributed by atoms with Crippen LogP contribution in [0.1, 0.15) is 52.4 Å². The van der Waals surface area contributed by atoms with Crippen LogP contribution in [-0.2, 0) is 0 Å². The number of hydrogen-bond donors (Lipinski definition) is 1. The molecule has 2 nitrogen and oxygen atoms in total. The molecule has 2 fully saturated rings. The Balaban J connectivity index is 1.78. The van der Waals surface area contributed by atoms with E-state index in [1.165, 1.54) is 51.6 Å².